The fourth-order valence-electron chi connectivity index (χ4n) is 3.93. The molecule has 33 heavy (non-hydrogen) atoms. The summed E-state index contributed by atoms with van der Waals surface area (Å²) in [4.78, 5) is 6.65. The third-order valence-corrected chi connectivity index (χ3v) is 6.59. The topological polar surface area (TPSA) is 74.5 Å². The summed E-state index contributed by atoms with van der Waals surface area (Å²) in [5, 5.41) is 9.96. The van der Waals surface area contributed by atoms with Gasteiger partial charge in [0.25, 0.3) is 0 Å². The lowest BCUT2D eigenvalue weighted by Crippen LogP contribution is -2.23. The maximum atomic E-state index is 5.91. The van der Waals surface area contributed by atoms with Crippen LogP contribution in [-0.4, -0.2) is 58.6 Å². The van der Waals surface area contributed by atoms with Crippen molar-refractivity contribution in [3.8, 4) is 11.5 Å². The largest absolute Gasteiger partial charge is 0.493 e. The smallest absolute Gasteiger partial charge is 0.191 e. The number of thioether (sulfide) groups is 1. The number of hydrogen-bond acceptors (Lipinski definition) is 8. The Kier molecular flexibility index (Phi) is 8.20. The average molecular weight is 470 g/mol. The molecule has 0 saturated carbocycles. The molecule has 0 spiro atoms. The number of methoxy groups -OCH3 is 2. The van der Waals surface area contributed by atoms with Gasteiger partial charge in [-0.3, -0.25) is 9.88 Å². The van der Waals surface area contributed by atoms with Gasteiger partial charge in [0, 0.05) is 25.1 Å². The SMILES string of the molecule is COc1ccc(CN(C)Cc2nnc(SCc3ccccn3)n2C[C@@H]2CCCO2)cc1OC. The van der Waals surface area contributed by atoms with Crippen molar-refractivity contribution in [3.63, 3.8) is 0 Å². The lowest BCUT2D eigenvalue weighted by Gasteiger charge is -2.19. The van der Waals surface area contributed by atoms with Crippen molar-refractivity contribution in [1.29, 1.82) is 0 Å². The Morgan fingerprint density at radius 3 is 2.73 bits per heavy atom. The van der Waals surface area contributed by atoms with Crippen LogP contribution in [0, 0.1) is 0 Å². The van der Waals surface area contributed by atoms with Crippen molar-refractivity contribution in [1.82, 2.24) is 24.6 Å². The highest BCUT2D eigenvalue weighted by atomic mass is 32.2. The molecule has 0 aliphatic carbocycles. The maximum absolute atomic E-state index is 5.91. The second-order valence-corrected chi connectivity index (χ2v) is 9.06. The molecule has 0 amide bonds. The van der Waals surface area contributed by atoms with Gasteiger partial charge in [-0.05, 0) is 49.7 Å². The maximum Gasteiger partial charge on any atom is 0.191 e. The van der Waals surface area contributed by atoms with Crippen LogP contribution in [0.2, 0.25) is 0 Å². The molecule has 9 heteroatoms. The van der Waals surface area contributed by atoms with Gasteiger partial charge in [0.15, 0.2) is 16.7 Å². The normalized spacial score (nSPS) is 15.8. The van der Waals surface area contributed by atoms with Gasteiger partial charge in [-0.25, -0.2) is 0 Å². The Morgan fingerprint density at radius 2 is 2.00 bits per heavy atom. The summed E-state index contributed by atoms with van der Waals surface area (Å²) in [6.07, 6.45) is 4.22. The van der Waals surface area contributed by atoms with Gasteiger partial charge in [0.2, 0.25) is 0 Å². The number of rotatable bonds is 11. The van der Waals surface area contributed by atoms with E-state index in [0.717, 1.165) is 72.0 Å². The van der Waals surface area contributed by atoms with Crippen LogP contribution >= 0.6 is 11.8 Å². The summed E-state index contributed by atoms with van der Waals surface area (Å²) in [6.45, 7) is 3.04. The molecule has 1 fully saturated rings. The first-order valence-corrected chi connectivity index (χ1v) is 12.1. The first-order chi connectivity index (χ1) is 16.2. The van der Waals surface area contributed by atoms with Gasteiger partial charge < -0.3 is 18.8 Å². The molecule has 2 aromatic heterocycles. The zero-order valence-electron chi connectivity index (χ0n) is 19.4. The second kappa shape index (κ2) is 11.5. The molecule has 0 unspecified atom stereocenters. The second-order valence-electron chi connectivity index (χ2n) is 8.12. The molecule has 1 aromatic carbocycles. The van der Waals surface area contributed by atoms with Crippen molar-refractivity contribution >= 4 is 11.8 Å². The monoisotopic (exact) mass is 469 g/mol. The lowest BCUT2D eigenvalue weighted by atomic mass is 10.2. The third kappa shape index (κ3) is 6.25. The Bertz CT molecular complexity index is 1020. The highest BCUT2D eigenvalue weighted by Gasteiger charge is 2.22. The van der Waals surface area contributed by atoms with E-state index in [2.05, 4.69) is 37.8 Å². The van der Waals surface area contributed by atoms with Crippen LogP contribution in [0.25, 0.3) is 0 Å². The van der Waals surface area contributed by atoms with Crippen LogP contribution in [0.3, 0.4) is 0 Å². The van der Waals surface area contributed by atoms with Crippen molar-refractivity contribution in [2.45, 2.75) is 49.5 Å². The highest BCUT2D eigenvalue weighted by Crippen LogP contribution is 2.28. The fraction of sp³-hybridized carbons (Fsp3) is 0.458. The molecule has 1 aliphatic rings. The van der Waals surface area contributed by atoms with E-state index in [4.69, 9.17) is 14.2 Å². The predicted octanol–water partition coefficient (Wildman–Crippen LogP) is 3.79. The average Bonchev–Trinajstić information content (AvgIpc) is 3.49. The Labute approximate surface area is 199 Å². The van der Waals surface area contributed by atoms with Crippen LogP contribution in [0.4, 0.5) is 0 Å². The molecular formula is C24H31N5O3S. The molecule has 1 atom stereocenters. The lowest BCUT2D eigenvalue weighted by molar-refractivity contribution is 0.0934. The Morgan fingerprint density at radius 1 is 1.12 bits per heavy atom. The number of aromatic nitrogens is 4. The van der Waals surface area contributed by atoms with Gasteiger partial charge in [0.1, 0.15) is 5.82 Å². The van der Waals surface area contributed by atoms with Gasteiger partial charge in [-0.2, -0.15) is 0 Å². The molecule has 1 saturated heterocycles. The van der Waals surface area contributed by atoms with Gasteiger partial charge in [-0.15, -0.1) is 10.2 Å². The Balaban J connectivity index is 1.46. The molecule has 3 aromatic rings. The molecule has 0 radical (unpaired) electrons. The van der Waals surface area contributed by atoms with E-state index in [9.17, 15) is 0 Å². The van der Waals surface area contributed by atoms with Crippen LogP contribution in [0.15, 0.2) is 47.8 Å². The summed E-state index contributed by atoms with van der Waals surface area (Å²) < 4.78 is 18.9. The van der Waals surface area contributed by atoms with E-state index in [1.54, 1.807) is 26.0 Å². The minimum Gasteiger partial charge on any atom is -0.493 e. The third-order valence-electron chi connectivity index (χ3n) is 5.59. The highest BCUT2D eigenvalue weighted by molar-refractivity contribution is 7.98. The number of hydrogen-bond donors (Lipinski definition) is 0. The molecule has 3 heterocycles. The van der Waals surface area contributed by atoms with Crippen LogP contribution in [0.5, 0.6) is 11.5 Å². The minimum atomic E-state index is 0.213. The predicted molar refractivity (Wildman–Crippen MR) is 128 cm³/mol. The summed E-state index contributed by atoms with van der Waals surface area (Å²) in [5.74, 6) is 3.16. The summed E-state index contributed by atoms with van der Waals surface area (Å²) in [6, 6.07) is 12.0. The minimum absolute atomic E-state index is 0.213. The van der Waals surface area contributed by atoms with Crippen LogP contribution < -0.4 is 9.47 Å². The van der Waals surface area contributed by atoms with E-state index in [1.807, 2.05) is 36.5 Å². The first kappa shape index (κ1) is 23.5. The fourth-order valence-corrected chi connectivity index (χ4v) is 4.81. The molecule has 176 valence electrons. The summed E-state index contributed by atoms with van der Waals surface area (Å²) in [7, 11) is 5.39. The molecular weight excluding hydrogens is 438 g/mol. The van der Waals surface area contributed by atoms with E-state index in [-0.39, 0.29) is 6.10 Å². The molecule has 0 bridgehead atoms. The summed E-state index contributed by atoms with van der Waals surface area (Å²) >= 11 is 1.67. The number of benzene rings is 1. The van der Waals surface area contributed by atoms with Gasteiger partial charge >= 0.3 is 0 Å². The zero-order valence-corrected chi connectivity index (χ0v) is 20.3. The zero-order chi connectivity index (χ0) is 23.0. The molecule has 0 N–H and O–H groups in total. The number of pyridine rings is 1. The van der Waals surface area contributed by atoms with Crippen molar-refractivity contribution in [2.75, 3.05) is 27.9 Å². The molecule has 8 nitrogen and oxygen atoms in total. The summed E-state index contributed by atoms with van der Waals surface area (Å²) in [5.41, 5.74) is 2.17. The standard InChI is InChI=1S/C24H31N5O3S/c1-28(14-18-9-10-21(30-2)22(13-18)31-3)16-23-26-27-24(29(23)15-20-8-6-12-32-20)33-17-19-7-4-5-11-25-19/h4-5,7,9-11,13,20H,6,8,12,14-17H2,1-3H3/t20-/m0/s1. The number of ether oxygens (including phenoxy) is 3. The first-order valence-electron chi connectivity index (χ1n) is 11.1. The quantitative estimate of drug-likeness (QED) is 0.393. The van der Waals surface area contributed by atoms with Crippen LogP contribution in [0.1, 0.15) is 29.9 Å². The molecule has 4 rings (SSSR count). The van der Waals surface area contributed by atoms with E-state index >= 15 is 0 Å². The van der Waals surface area contributed by atoms with E-state index in [1.165, 1.54) is 0 Å². The van der Waals surface area contributed by atoms with E-state index in [0.29, 0.717) is 6.54 Å². The van der Waals surface area contributed by atoms with Crippen molar-refractivity contribution in [2.24, 2.45) is 0 Å². The van der Waals surface area contributed by atoms with Gasteiger partial charge in [-0.1, -0.05) is 23.9 Å². The van der Waals surface area contributed by atoms with Crippen LogP contribution in [-0.2, 0) is 30.1 Å². The molecule has 1 aliphatic heterocycles. The van der Waals surface area contributed by atoms with E-state index < -0.39 is 0 Å². The Hall–Kier alpha value is -2.62. The number of nitrogens with zero attached hydrogens (tertiary/aromatic N) is 5. The van der Waals surface area contributed by atoms with Gasteiger partial charge in [0.05, 0.1) is 39.1 Å². The van der Waals surface area contributed by atoms with Crippen molar-refractivity contribution < 1.29 is 14.2 Å². The van der Waals surface area contributed by atoms with Crippen molar-refractivity contribution in [3.05, 3.63) is 59.7 Å².